The third-order valence-corrected chi connectivity index (χ3v) is 2.21. The molecule has 11 heavy (non-hydrogen) atoms. The standard InChI is InChI=1S/C9H19NO/c1-4-9(8(2)3)5-6-10-7-11/h7-9H,4-6H2,1-3H3,(H,10,11). The van der Waals surface area contributed by atoms with Crippen LogP contribution in [0.2, 0.25) is 0 Å². The second-order valence-electron chi connectivity index (χ2n) is 3.27. The average Bonchev–Trinajstić information content (AvgIpc) is 1.97. The zero-order valence-electron chi connectivity index (χ0n) is 7.76. The Bertz CT molecular complexity index is 102. The molecule has 1 atom stereocenters. The first-order valence-corrected chi connectivity index (χ1v) is 4.39. The Balaban J connectivity index is 3.43. The highest BCUT2D eigenvalue weighted by Gasteiger charge is 2.09. The molecule has 0 rings (SSSR count). The smallest absolute Gasteiger partial charge is 0.207 e. The van der Waals surface area contributed by atoms with Gasteiger partial charge in [0.2, 0.25) is 6.41 Å². The molecule has 0 heterocycles. The Labute approximate surface area is 69.4 Å². The number of carbonyl (C=O) groups excluding carboxylic acids is 1. The molecule has 2 heteroatoms. The van der Waals surface area contributed by atoms with Crippen molar-refractivity contribution >= 4 is 6.41 Å². The van der Waals surface area contributed by atoms with Crippen LogP contribution >= 0.6 is 0 Å². The highest BCUT2D eigenvalue weighted by molar-refractivity contribution is 5.45. The van der Waals surface area contributed by atoms with Gasteiger partial charge >= 0.3 is 0 Å². The van der Waals surface area contributed by atoms with E-state index in [0.29, 0.717) is 0 Å². The van der Waals surface area contributed by atoms with Crippen LogP contribution in [0.1, 0.15) is 33.6 Å². The van der Waals surface area contributed by atoms with Gasteiger partial charge in [-0.2, -0.15) is 0 Å². The van der Waals surface area contributed by atoms with Crippen molar-refractivity contribution in [3.8, 4) is 0 Å². The van der Waals surface area contributed by atoms with E-state index >= 15 is 0 Å². The minimum Gasteiger partial charge on any atom is -0.359 e. The minimum atomic E-state index is 0.730. The fourth-order valence-corrected chi connectivity index (χ4v) is 1.34. The van der Waals surface area contributed by atoms with Crippen molar-refractivity contribution in [1.82, 2.24) is 5.32 Å². The van der Waals surface area contributed by atoms with Crippen LogP contribution in [0.5, 0.6) is 0 Å². The van der Waals surface area contributed by atoms with Gasteiger partial charge in [-0.1, -0.05) is 27.2 Å². The summed E-state index contributed by atoms with van der Waals surface area (Å²) in [5.41, 5.74) is 0. The van der Waals surface area contributed by atoms with Crippen LogP contribution in [0.25, 0.3) is 0 Å². The van der Waals surface area contributed by atoms with Crippen LogP contribution in [-0.2, 0) is 4.79 Å². The minimum absolute atomic E-state index is 0.730. The molecule has 66 valence electrons. The van der Waals surface area contributed by atoms with Gasteiger partial charge in [0, 0.05) is 6.54 Å². The van der Waals surface area contributed by atoms with Crippen molar-refractivity contribution in [2.45, 2.75) is 33.6 Å². The Morgan fingerprint density at radius 1 is 1.45 bits per heavy atom. The highest BCUT2D eigenvalue weighted by atomic mass is 16.1. The molecule has 0 aliphatic carbocycles. The summed E-state index contributed by atoms with van der Waals surface area (Å²) in [5.74, 6) is 1.48. The van der Waals surface area contributed by atoms with Crippen LogP contribution in [0.4, 0.5) is 0 Å². The fourth-order valence-electron chi connectivity index (χ4n) is 1.34. The van der Waals surface area contributed by atoms with E-state index in [4.69, 9.17) is 0 Å². The van der Waals surface area contributed by atoms with Crippen LogP contribution < -0.4 is 5.32 Å². The lowest BCUT2D eigenvalue weighted by Crippen LogP contribution is -2.18. The molecule has 0 aliphatic rings. The summed E-state index contributed by atoms with van der Waals surface area (Å²) in [6, 6.07) is 0. The summed E-state index contributed by atoms with van der Waals surface area (Å²) in [6.45, 7) is 7.48. The van der Waals surface area contributed by atoms with Crippen molar-refractivity contribution in [3.63, 3.8) is 0 Å². The molecule has 1 N–H and O–H groups in total. The molecule has 0 radical (unpaired) electrons. The zero-order chi connectivity index (χ0) is 8.69. The van der Waals surface area contributed by atoms with Gasteiger partial charge in [0.15, 0.2) is 0 Å². The van der Waals surface area contributed by atoms with Gasteiger partial charge < -0.3 is 5.32 Å². The van der Waals surface area contributed by atoms with Gasteiger partial charge in [-0.15, -0.1) is 0 Å². The van der Waals surface area contributed by atoms with Crippen LogP contribution in [0.15, 0.2) is 0 Å². The third kappa shape index (κ3) is 4.82. The van der Waals surface area contributed by atoms with Crippen molar-refractivity contribution in [2.24, 2.45) is 11.8 Å². The molecule has 0 aliphatic heterocycles. The molecular weight excluding hydrogens is 138 g/mol. The van der Waals surface area contributed by atoms with Gasteiger partial charge in [-0.05, 0) is 18.3 Å². The Hall–Kier alpha value is -0.530. The number of carbonyl (C=O) groups is 1. The molecule has 0 aromatic rings. The van der Waals surface area contributed by atoms with Gasteiger partial charge in [-0.3, -0.25) is 4.79 Å². The monoisotopic (exact) mass is 157 g/mol. The van der Waals surface area contributed by atoms with Crippen molar-refractivity contribution in [2.75, 3.05) is 6.54 Å². The van der Waals surface area contributed by atoms with Crippen LogP contribution in [0.3, 0.4) is 0 Å². The Morgan fingerprint density at radius 3 is 2.45 bits per heavy atom. The molecule has 1 amide bonds. The number of hydrogen-bond donors (Lipinski definition) is 1. The van der Waals surface area contributed by atoms with Gasteiger partial charge in [0.25, 0.3) is 0 Å². The topological polar surface area (TPSA) is 29.1 Å². The molecule has 1 unspecified atom stereocenters. The zero-order valence-corrected chi connectivity index (χ0v) is 7.76. The first-order chi connectivity index (χ1) is 5.22. The van der Waals surface area contributed by atoms with Crippen molar-refractivity contribution in [1.29, 1.82) is 0 Å². The normalized spacial score (nSPS) is 13.1. The van der Waals surface area contributed by atoms with E-state index in [9.17, 15) is 4.79 Å². The Kier molecular flexibility index (Phi) is 5.90. The first-order valence-electron chi connectivity index (χ1n) is 4.39. The fraction of sp³-hybridized carbons (Fsp3) is 0.889. The summed E-state index contributed by atoms with van der Waals surface area (Å²) in [7, 11) is 0. The lowest BCUT2D eigenvalue weighted by atomic mass is 9.90. The summed E-state index contributed by atoms with van der Waals surface area (Å²) in [5, 5.41) is 2.69. The largest absolute Gasteiger partial charge is 0.359 e. The molecule has 0 saturated carbocycles. The molecule has 2 nitrogen and oxygen atoms in total. The number of amides is 1. The number of rotatable bonds is 6. The van der Waals surface area contributed by atoms with E-state index < -0.39 is 0 Å². The second-order valence-corrected chi connectivity index (χ2v) is 3.27. The second kappa shape index (κ2) is 6.20. The molecule has 0 aromatic heterocycles. The van der Waals surface area contributed by atoms with Gasteiger partial charge in [-0.25, -0.2) is 0 Å². The molecular formula is C9H19NO. The summed E-state index contributed by atoms with van der Waals surface area (Å²) >= 11 is 0. The van der Waals surface area contributed by atoms with E-state index in [1.54, 1.807) is 0 Å². The predicted molar refractivity (Wildman–Crippen MR) is 47.3 cm³/mol. The summed E-state index contributed by atoms with van der Waals surface area (Å²) < 4.78 is 0. The van der Waals surface area contributed by atoms with Gasteiger partial charge in [0.05, 0.1) is 0 Å². The lowest BCUT2D eigenvalue weighted by Gasteiger charge is -2.17. The average molecular weight is 157 g/mol. The molecule has 0 aromatic carbocycles. The van der Waals surface area contributed by atoms with Gasteiger partial charge in [0.1, 0.15) is 0 Å². The number of nitrogens with one attached hydrogen (secondary N) is 1. The van der Waals surface area contributed by atoms with Crippen molar-refractivity contribution in [3.05, 3.63) is 0 Å². The Morgan fingerprint density at radius 2 is 2.09 bits per heavy atom. The van der Waals surface area contributed by atoms with E-state index in [1.807, 2.05) is 0 Å². The maximum absolute atomic E-state index is 9.93. The quantitative estimate of drug-likeness (QED) is 0.462. The third-order valence-electron chi connectivity index (χ3n) is 2.21. The first kappa shape index (κ1) is 10.5. The molecule has 0 fully saturated rings. The molecule has 0 bridgehead atoms. The molecule has 0 spiro atoms. The SMILES string of the molecule is CCC(CCNC=O)C(C)C. The summed E-state index contributed by atoms with van der Waals surface area (Å²) in [6.07, 6.45) is 3.08. The van der Waals surface area contributed by atoms with Crippen LogP contribution in [0, 0.1) is 11.8 Å². The van der Waals surface area contributed by atoms with Crippen LogP contribution in [-0.4, -0.2) is 13.0 Å². The van der Waals surface area contributed by atoms with E-state index in [2.05, 4.69) is 26.1 Å². The van der Waals surface area contributed by atoms with E-state index in [1.165, 1.54) is 6.42 Å². The highest BCUT2D eigenvalue weighted by Crippen LogP contribution is 2.17. The maximum atomic E-state index is 9.93. The molecule has 0 saturated heterocycles. The van der Waals surface area contributed by atoms with Crippen molar-refractivity contribution < 1.29 is 4.79 Å². The lowest BCUT2D eigenvalue weighted by molar-refractivity contribution is -0.109. The number of hydrogen-bond acceptors (Lipinski definition) is 1. The maximum Gasteiger partial charge on any atom is 0.207 e. The van der Waals surface area contributed by atoms with E-state index in [0.717, 1.165) is 31.2 Å². The van der Waals surface area contributed by atoms with E-state index in [-0.39, 0.29) is 0 Å². The predicted octanol–water partition coefficient (Wildman–Crippen LogP) is 1.80. The summed E-state index contributed by atoms with van der Waals surface area (Å²) in [4.78, 5) is 9.93.